The molecule has 6 heteroatoms. The molecule has 3 heterocycles. The molecular weight excluding hydrogens is 362 g/mol. The predicted molar refractivity (Wildman–Crippen MR) is 114 cm³/mol. The third-order valence-corrected chi connectivity index (χ3v) is 6.30. The summed E-state index contributed by atoms with van der Waals surface area (Å²) in [5.74, 6) is 1.95. The Morgan fingerprint density at radius 2 is 1.86 bits per heavy atom. The summed E-state index contributed by atoms with van der Waals surface area (Å²) >= 11 is 0. The van der Waals surface area contributed by atoms with E-state index in [4.69, 9.17) is 0 Å². The number of aromatic nitrogens is 2. The molecule has 6 nitrogen and oxygen atoms in total. The highest BCUT2D eigenvalue weighted by atomic mass is 16.1. The Kier molecular flexibility index (Phi) is 6.96. The van der Waals surface area contributed by atoms with E-state index in [1.807, 2.05) is 12.4 Å². The first-order valence-electron chi connectivity index (χ1n) is 11.0. The molecule has 1 amide bonds. The highest BCUT2D eigenvalue weighted by Crippen LogP contribution is 2.23. The number of aromatic amines is 1. The molecule has 0 radical (unpaired) electrons. The fraction of sp³-hybridized carbons (Fsp3) is 0.565. The summed E-state index contributed by atoms with van der Waals surface area (Å²) in [4.78, 5) is 24.8. The Bertz CT molecular complexity index is 740. The molecule has 156 valence electrons. The minimum Gasteiger partial charge on any atom is -0.352 e. The smallest absolute Gasteiger partial charge is 0.220 e. The maximum absolute atomic E-state index is 12.4. The normalized spacial score (nSPS) is 21.4. The molecule has 0 unspecified atom stereocenters. The van der Waals surface area contributed by atoms with Crippen LogP contribution in [0.4, 0.5) is 0 Å². The van der Waals surface area contributed by atoms with Crippen LogP contribution in [0.5, 0.6) is 0 Å². The molecule has 1 atom stereocenters. The minimum absolute atomic E-state index is 0.231. The van der Waals surface area contributed by atoms with E-state index in [9.17, 15) is 4.79 Å². The standard InChI is InChI=1S/C23H33N5O/c29-23(26-21-10-15-28(17-21)16-20-4-2-1-3-5-20)7-6-19-8-13-27(14-9-19)18-22-24-11-12-25-22/h1-5,11-12,19,21H,6-10,13-18H2,(H,24,25)(H,26,29)/t21-/m0/s1. The summed E-state index contributed by atoms with van der Waals surface area (Å²) in [6, 6.07) is 10.9. The van der Waals surface area contributed by atoms with Gasteiger partial charge in [-0.15, -0.1) is 0 Å². The van der Waals surface area contributed by atoms with E-state index < -0.39 is 0 Å². The monoisotopic (exact) mass is 395 g/mol. The number of carbonyl (C=O) groups is 1. The van der Waals surface area contributed by atoms with Crippen LogP contribution in [0.2, 0.25) is 0 Å². The van der Waals surface area contributed by atoms with Crippen LogP contribution in [-0.4, -0.2) is 57.9 Å². The van der Waals surface area contributed by atoms with Crippen LogP contribution in [0.15, 0.2) is 42.7 Å². The highest BCUT2D eigenvalue weighted by molar-refractivity contribution is 5.76. The Morgan fingerprint density at radius 3 is 2.62 bits per heavy atom. The molecule has 2 saturated heterocycles. The van der Waals surface area contributed by atoms with Crippen molar-refractivity contribution in [2.75, 3.05) is 26.2 Å². The van der Waals surface area contributed by atoms with Crippen LogP contribution in [0.1, 0.15) is 43.5 Å². The number of benzene rings is 1. The Balaban J connectivity index is 1.10. The van der Waals surface area contributed by atoms with Crippen LogP contribution in [0.25, 0.3) is 0 Å². The number of carbonyl (C=O) groups excluding carboxylic acids is 1. The van der Waals surface area contributed by atoms with E-state index in [1.165, 1.54) is 18.4 Å². The SMILES string of the molecule is O=C(CCC1CCN(Cc2ncc[nH]2)CC1)N[C@H]1CCN(Cc2ccccc2)C1. The first kappa shape index (κ1) is 20.1. The second kappa shape index (κ2) is 10.0. The lowest BCUT2D eigenvalue weighted by Gasteiger charge is -2.31. The van der Waals surface area contributed by atoms with E-state index >= 15 is 0 Å². The highest BCUT2D eigenvalue weighted by Gasteiger charge is 2.25. The summed E-state index contributed by atoms with van der Waals surface area (Å²) in [7, 11) is 0. The quantitative estimate of drug-likeness (QED) is 0.721. The van der Waals surface area contributed by atoms with E-state index in [0.29, 0.717) is 18.4 Å². The van der Waals surface area contributed by atoms with Gasteiger partial charge in [0, 0.05) is 44.5 Å². The van der Waals surface area contributed by atoms with Crippen molar-refractivity contribution in [1.29, 1.82) is 0 Å². The molecule has 0 aliphatic carbocycles. The summed E-state index contributed by atoms with van der Waals surface area (Å²) < 4.78 is 0. The lowest BCUT2D eigenvalue weighted by molar-refractivity contribution is -0.122. The van der Waals surface area contributed by atoms with Crippen LogP contribution in [0.3, 0.4) is 0 Å². The van der Waals surface area contributed by atoms with Crippen molar-refractivity contribution in [3.05, 3.63) is 54.1 Å². The fourth-order valence-electron chi connectivity index (χ4n) is 4.60. The van der Waals surface area contributed by atoms with Gasteiger partial charge in [-0.3, -0.25) is 14.6 Å². The van der Waals surface area contributed by atoms with E-state index in [0.717, 1.165) is 57.9 Å². The van der Waals surface area contributed by atoms with Crippen molar-refractivity contribution >= 4 is 5.91 Å². The average molecular weight is 396 g/mol. The van der Waals surface area contributed by atoms with E-state index in [1.54, 1.807) is 0 Å². The van der Waals surface area contributed by atoms with Crippen molar-refractivity contribution in [2.24, 2.45) is 5.92 Å². The number of piperidine rings is 1. The third kappa shape index (κ3) is 6.15. The van der Waals surface area contributed by atoms with E-state index in [2.05, 4.69) is 55.4 Å². The second-order valence-electron chi connectivity index (χ2n) is 8.57. The first-order valence-corrected chi connectivity index (χ1v) is 11.0. The summed E-state index contributed by atoms with van der Waals surface area (Å²) in [6.07, 6.45) is 8.80. The average Bonchev–Trinajstić information content (AvgIpc) is 3.40. The summed E-state index contributed by atoms with van der Waals surface area (Å²) in [5, 5.41) is 3.27. The van der Waals surface area contributed by atoms with Crippen molar-refractivity contribution in [3.63, 3.8) is 0 Å². The number of nitrogens with one attached hydrogen (secondary N) is 2. The molecular formula is C23H33N5O. The molecule has 2 aromatic rings. The Morgan fingerprint density at radius 1 is 1.07 bits per heavy atom. The zero-order valence-electron chi connectivity index (χ0n) is 17.2. The topological polar surface area (TPSA) is 64.3 Å². The van der Waals surface area contributed by atoms with Crippen molar-refractivity contribution < 1.29 is 4.79 Å². The van der Waals surface area contributed by atoms with Gasteiger partial charge in [0.25, 0.3) is 0 Å². The summed E-state index contributed by atoms with van der Waals surface area (Å²) in [6.45, 7) is 6.11. The number of likely N-dealkylation sites (tertiary alicyclic amines) is 2. The van der Waals surface area contributed by atoms with Gasteiger partial charge in [-0.25, -0.2) is 4.98 Å². The Labute approximate surface area is 173 Å². The van der Waals surface area contributed by atoms with Crippen molar-refractivity contribution in [1.82, 2.24) is 25.1 Å². The van der Waals surface area contributed by atoms with Crippen molar-refractivity contribution in [2.45, 2.75) is 51.2 Å². The number of H-pyrrole nitrogens is 1. The number of amides is 1. The Hall–Kier alpha value is -2.18. The van der Waals surface area contributed by atoms with Crippen LogP contribution >= 0.6 is 0 Å². The first-order chi connectivity index (χ1) is 14.2. The molecule has 1 aromatic carbocycles. The van der Waals surface area contributed by atoms with Crippen molar-refractivity contribution in [3.8, 4) is 0 Å². The zero-order chi connectivity index (χ0) is 19.9. The number of hydrogen-bond donors (Lipinski definition) is 2. The predicted octanol–water partition coefficient (Wildman–Crippen LogP) is 2.79. The number of nitrogens with zero attached hydrogens (tertiary/aromatic N) is 3. The molecule has 2 fully saturated rings. The maximum Gasteiger partial charge on any atom is 0.220 e. The third-order valence-electron chi connectivity index (χ3n) is 6.30. The second-order valence-corrected chi connectivity index (χ2v) is 8.57. The fourth-order valence-corrected chi connectivity index (χ4v) is 4.60. The maximum atomic E-state index is 12.4. The molecule has 4 rings (SSSR count). The van der Waals surface area contributed by atoms with Crippen LogP contribution in [-0.2, 0) is 17.9 Å². The number of imidazole rings is 1. The van der Waals surface area contributed by atoms with Gasteiger partial charge in [-0.1, -0.05) is 30.3 Å². The van der Waals surface area contributed by atoms with Gasteiger partial charge in [0.15, 0.2) is 0 Å². The van der Waals surface area contributed by atoms with E-state index in [-0.39, 0.29) is 5.91 Å². The zero-order valence-corrected chi connectivity index (χ0v) is 17.2. The molecule has 2 aliphatic rings. The molecule has 2 aliphatic heterocycles. The molecule has 0 spiro atoms. The molecule has 2 N–H and O–H groups in total. The van der Waals surface area contributed by atoms with Gasteiger partial charge in [-0.2, -0.15) is 0 Å². The largest absolute Gasteiger partial charge is 0.352 e. The minimum atomic E-state index is 0.231. The van der Waals surface area contributed by atoms with Gasteiger partial charge in [0.1, 0.15) is 5.82 Å². The van der Waals surface area contributed by atoms with Crippen LogP contribution < -0.4 is 5.32 Å². The molecule has 0 bridgehead atoms. The van der Waals surface area contributed by atoms with Gasteiger partial charge < -0.3 is 10.3 Å². The van der Waals surface area contributed by atoms with Gasteiger partial charge in [0.05, 0.1) is 6.54 Å². The van der Waals surface area contributed by atoms with Gasteiger partial charge in [0.2, 0.25) is 5.91 Å². The van der Waals surface area contributed by atoms with Gasteiger partial charge >= 0.3 is 0 Å². The number of hydrogen-bond acceptors (Lipinski definition) is 4. The van der Waals surface area contributed by atoms with Gasteiger partial charge in [-0.05, 0) is 50.3 Å². The molecule has 29 heavy (non-hydrogen) atoms. The lowest BCUT2D eigenvalue weighted by atomic mass is 9.92. The summed E-state index contributed by atoms with van der Waals surface area (Å²) in [5.41, 5.74) is 1.35. The molecule has 1 aromatic heterocycles. The van der Waals surface area contributed by atoms with Crippen LogP contribution in [0, 0.1) is 5.92 Å². The number of rotatable bonds is 8. The lowest BCUT2D eigenvalue weighted by Crippen LogP contribution is -2.37. The molecule has 0 saturated carbocycles.